The molecule has 1 heterocycles. The first-order valence-electron chi connectivity index (χ1n) is 6.24. The standard InChI is InChI=1S/C15H15BrN2O2/c1-11(20-14-7-3-2-6-13(14)16)15(19)18-10-12-5-4-8-17-9-12/h2-9,11H,10H2,1H3,(H,18,19)/t11-/m1/s1. The molecule has 1 atom stereocenters. The van der Waals surface area contributed by atoms with Gasteiger partial charge in [0.15, 0.2) is 6.10 Å². The highest BCUT2D eigenvalue weighted by atomic mass is 79.9. The lowest BCUT2D eigenvalue weighted by atomic mass is 10.2. The zero-order valence-corrected chi connectivity index (χ0v) is 12.6. The number of benzene rings is 1. The van der Waals surface area contributed by atoms with Crippen molar-refractivity contribution in [2.24, 2.45) is 0 Å². The quantitative estimate of drug-likeness (QED) is 0.914. The van der Waals surface area contributed by atoms with Crippen LogP contribution >= 0.6 is 15.9 Å². The Balaban J connectivity index is 1.88. The maximum absolute atomic E-state index is 12.0. The molecule has 0 radical (unpaired) electrons. The molecular formula is C15H15BrN2O2. The number of amides is 1. The molecule has 1 N–H and O–H groups in total. The summed E-state index contributed by atoms with van der Waals surface area (Å²) in [5, 5.41) is 2.82. The van der Waals surface area contributed by atoms with Gasteiger partial charge >= 0.3 is 0 Å². The fourth-order valence-corrected chi connectivity index (χ4v) is 2.00. The van der Waals surface area contributed by atoms with Crippen LogP contribution in [0.3, 0.4) is 0 Å². The van der Waals surface area contributed by atoms with Crippen LogP contribution in [0.25, 0.3) is 0 Å². The Morgan fingerprint density at radius 2 is 2.15 bits per heavy atom. The molecule has 5 heteroatoms. The number of nitrogens with one attached hydrogen (secondary N) is 1. The minimum absolute atomic E-state index is 0.162. The molecule has 2 aromatic rings. The van der Waals surface area contributed by atoms with Crippen molar-refractivity contribution in [2.75, 3.05) is 0 Å². The molecule has 104 valence electrons. The van der Waals surface area contributed by atoms with Crippen LogP contribution < -0.4 is 10.1 Å². The molecule has 0 aliphatic heterocycles. The summed E-state index contributed by atoms with van der Waals surface area (Å²) >= 11 is 3.38. The number of pyridine rings is 1. The summed E-state index contributed by atoms with van der Waals surface area (Å²) in [6.07, 6.45) is 2.86. The fraction of sp³-hybridized carbons (Fsp3) is 0.200. The summed E-state index contributed by atoms with van der Waals surface area (Å²) in [5.74, 6) is 0.487. The normalized spacial score (nSPS) is 11.7. The average molecular weight is 335 g/mol. The molecule has 0 unspecified atom stereocenters. The number of halogens is 1. The van der Waals surface area contributed by atoms with E-state index in [1.807, 2.05) is 36.4 Å². The highest BCUT2D eigenvalue weighted by Crippen LogP contribution is 2.24. The smallest absolute Gasteiger partial charge is 0.261 e. The first-order valence-corrected chi connectivity index (χ1v) is 7.04. The van der Waals surface area contributed by atoms with E-state index >= 15 is 0 Å². The number of carbonyl (C=O) groups is 1. The number of hydrogen-bond donors (Lipinski definition) is 1. The zero-order valence-electron chi connectivity index (χ0n) is 11.0. The monoisotopic (exact) mass is 334 g/mol. The maximum atomic E-state index is 12.0. The van der Waals surface area contributed by atoms with Crippen LogP contribution in [0.2, 0.25) is 0 Å². The van der Waals surface area contributed by atoms with E-state index in [-0.39, 0.29) is 5.91 Å². The minimum Gasteiger partial charge on any atom is -0.480 e. The van der Waals surface area contributed by atoms with E-state index in [9.17, 15) is 4.79 Å². The Hall–Kier alpha value is -1.88. The number of nitrogens with zero attached hydrogens (tertiary/aromatic N) is 1. The zero-order chi connectivity index (χ0) is 14.4. The number of carbonyl (C=O) groups excluding carboxylic acids is 1. The Morgan fingerprint density at radius 1 is 1.35 bits per heavy atom. The highest BCUT2D eigenvalue weighted by molar-refractivity contribution is 9.10. The number of ether oxygens (including phenoxy) is 1. The van der Waals surface area contributed by atoms with E-state index in [2.05, 4.69) is 26.2 Å². The van der Waals surface area contributed by atoms with E-state index < -0.39 is 6.10 Å². The van der Waals surface area contributed by atoms with Gasteiger partial charge in [0.1, 0.15) is 5.75 Å². The molecule has 4 nitrogen and oxygen atoms in total. The fourth-order valence-electron chi connectivity index (χ4n) is 1.62. The van der Waals surface area contributed by atoms with E-state index in [0.717, 1.165) is 10.0 Å². The molecule has 0 aliphatic rings. The Bertz CT molecular complexity index is 575. The second kappa shape index (κ2) is 7.05. The lowest BCUT2D eigenvalue weighted by Crippen LogP contribution is -2.35. The molecule has 20 heavy (non-hydrogen) atoms. The molecule has 0 fully saturated rings. The summed E-state index contributed by atoms with van der Waals surface area (Å²) in [6.45, 7) is 2.16. The van der Waals surface area contributed by atoms with E-state index in [4.69, 9.17) is 4.74 Å². The molecule has 0 bridgehead atoms. The minimum atomic E-state index is -0.564. The van der Waals surface area contributed by atoms with Crippen molar-refractivity contribution in [3.63, 3.8) is 0 Å². The summed E-state index contributed by atoms with van der Waals surface area (Å²) in [7, 11) is 0. The van der Waals surface area contributed by atoms with Gasteiger partial charge in [-0.25, -0.2) is 0 Å². The Morgan fingerprint density at radius 3 is 2.85 bits per heavy atom. The topological polar surface area (TPSA) is 51.2 Å². The second-order valence-corrected chi connectivity index (χ2v) is 5.12. The van der Waals surface area contributed by atoms with Crippen molar-refractivity contribution in [3.8, 4) is 5.75 Å². The van der Waals surface area contributed by atoms with Crippen LogP contribution in [0, 0.1) is 0 Å². The summed E-state index contributed by atoms with van der Waals surface area (Å²) in [5.41, 5.74) is 0.953. The van der Waals surface area contributed by atoms with Gasteiger partial charge in [0.2, 0.25) is 0 Å². The predicted molar refractivity (Wildman–Crippen MR) is 80.3 cm³/mol. The first kappa shape index (κ1) is 14.5. The molecule has 1 aromatic carbocycles. The average Bonchev–Trinajstić information content (AvgIpc) is 2.48. The summed E-state index contributed by atoms with van der Waals surface area (Å²) in [6, 6.07) is 11.2. The molecule has 1 aromatic heterocycles. The van der Waals surface area contributed by atoms with Gasteiger partial charge in [-0.3, -0.25) is 9.78 Å². The molecule has 0 aliphatic carbocycles. The largest absolute Gasteiger partial charge is 0.480 e. The number of para-hydroxylation sites is 1. The van der Waals surface area contributed by atoms with E-state index in [1.54, 1.807) is 19.3 Å². The van der Waals surface area contributed by atoms with Crippen LogP contribution in [-0.2, 0) is 11.3 Å². The first-order chi connectivity index (χ1) is 9.66. The van der Waals surface area contributed by atoms with Crippen LogP contribution in [0.15, 0.2) is 53.3 Å². The third-order valence-corrected chi connectivity index (χ3v) is 3.35. The van der Waals surface area contributed by atoms with Gasteiger partial charge in [0, 0.05) is 18.9 Å². The lowest BCUT2D eigenvalue weighted by molar-refractivity contribution is -0.127. The SMILES string of the molecule is C[C@@H](Oc1ccccc1Br)C(=O)NCc1cccnc1. The van der Waals surface area contributed by atoms with Gasteiger partial charge in [-0.15, -0.1) is 0 Å². The molecule has 0 spiro atoms. The van der Waals surface area contributed by atoms with E-state index in [1.165, 1.54) is 0 Å². The van der Waals surface area contributed by atoms with Crippen LogP contribution in [-0.4, -0.2) is 17.0 Å². The molecule has 2 rings (SSSR count). The lowest BCUT2D eigenvalue weighted by Gasteiger charge is -2.15. The third kappa shape index (κ3) is 4.06. The molecule has 1 amide bonds. The highest BCUT2D eigenvalue weighted by Gasteiger charge is 2.15. The van der Waals surface area contributed by atoms with Crippen molar-refractivity contribution in [1.29, 1.82) is 0 Å². The van der Waals surface area contributed by atoms with Crippen LogP contribution in [0.1, 0.15) is 12.5 Å². The van der Waals surface area contributed by atoms with Gasteiger partial charge in [0.25, 0.3) is 5.91 Å². The van der Waals surface area contributed by atoms with Crippen LogP contribution in [0.5, 0.6) is 5.75 Å². The predicted octanol–water partition coefficient (Wildman–Crippen LogP) is 2.93. The number of aromatic nitrogens is 1. The van der Waals surface area contributed by atoms with Crippen molar-refractivity contribution < 1.29 is 9.53 Å². The number of rotatable bonds is 5. The van der Waals surface area contributed by atoms with Crippen LogP contribution in [0.4, 0.5) is 0 Å². The molecular weight excluding hydrogens is 320 g/mol. The van der Waals surface area contributed by atoms with Crippen molar-refractivity contribution in [2.45, 2.75) is 19.6 Å². The molecule has 0 saturated heterocycles. The van der Waals surface area contributed by atoms with Gasteiger partial charge in [0.05, 0.1) is 4.47 Å². The van der Waals surface area contributed by atoms with Gasteiger partial charge in [-0.2, -0.15) is 0 Å². The van der Waals surface area contributed by atoms with Gasteiger partial charge < -0.3 is 10.1 Å². The third-order valence-electron chi connectivity index (χ3n) is 2.70. The van der Waals surface area contributed by atoms with Crippen molar-refractivity contribution >= 4 is 21.8 Å². The Labute approximate surface area is 126 Å². The number of hydrogen-bond acceptors (Lipinski definition) is 3. The van der Waals surface area contributed by atoms with Gasteiger partial charge in [-0.1, -0.05) is 18.2 Å². The summed E-state index contributed by atoms with van der Waals surface area (Å²) < 4.78 is 6.45. The van der Waals surface area contributed by atoms with Crippen molar-refractivity contribution in [1.82, 2.24) is 10.3 Å². The van der Waals surface area contributed by atoms with Crippen molar-refractivity contribution in [3.05, 3.63) is 58.8 Å². The maximum Gasteiger partial charge on any atom is 0.261 e. The second-order valence-electron chi connectivity index (χ2n) is 4.27. The van der Waals surface area contributed by atoms with Gasteiger partial charge in [-0.05, 0) is 46.6 Å². The van der Waals surface area contributed by atoms with E-state index in [0.29, 0.717) is 12.3 Å². The molecule has 0 saturated carbocycles. The Kier molecular flexibility index (Phi) is 5.12. The summed E-state index contributed by atoms with van der Waals surface area (Å²) in [4.78, 5) is 16.0.